The largest absolute Gasteiger partial charge is 0.496 e. The van der Waals surface area contributed by atoms with Crippen LogP contribution in [0.25, 0.3) is 21.8 Å². The van der Waals surface area contributed by atoms with Crippen LogP contribution in [-0.4, -0.2) is 22.3 Å². The zero-order valence-electron chi connectivity index (χ0n) is 13.3. The van der Waals surface area contributed by atoms with Crippen molar-refractivity contribution >= 4 is 23.1 Å². The second-order valence-corrected chi connectivity index (χ2v) is 7.74. The summed E-state index contributed by atoms with van der Waals surface area (Å²) in [4.78, 5) is 9.20. The van der Waals surface area contributed by atoms with Gasteiger partial charge >= 0.3 is 0 Å². The summed E-state index contributed by atoms with van der Waals surface area (Å²) in [6, 6.07) is 12.1. The first-order valence-electron chi connectivity index (χ1n) is 7.39. The third kappa shape index (κ3) is 3.74. The zero-order valence-corrected chi connectivity index (χ0v) is 14.9. The second kappa shape index (κ2) is 7.15. The minimum Gasteiger partial charge on any atom is -0.496 e. The Bertz CT molecular complexity index is 799. The fourth-order valence-electron chi connectivity index (χ4n) is 2.23. The number of rotatable bonds is 5. The number of pyridine rings is 1. The zero-order chi connectivity index (χ0) is 16.2. The summed E-state index contributed by atoms with van der Waals surface area (Å²) in [5, 5.41) is 4.62. The molecule has 0 amide bonds. The minimum atomic E-state index is 0.512. The van der Waals surface area contributed by atoms with Crippen LogP contribution >= 0.6 is 23.1 Å². The van der Waals surface area contributed by atoms with Crippen LogP contribution in [0.3, 0.4) is 0 Å². The number of aromatic nitrogens is 2. The second-order valence-electron chi connectivity index (χ2n) is 5.29. The van der Waals surface area contributed by atoms with Crippen molar-refractivity contribution in [2.75, 3.05) is 7.11 Å². The third-order valence-electron chi connectivity index (χ3n) is 3.23. The number of methoxy groups -OCH3 is 1. The Morgan fingerprint density at radius 1 is 1.17 bits per heavy atom. The van der Waals surface area contributed by atoms with Crippen LogP contribution in [0.2, 0.25) is 0 Å². The van der Waals surface area contributed by atoms with E-state index in [4.69, 9.17) is 9.72 Å². The van der Waals surface area contributed by atoms with Crippen molar-refractivity contribution in [3.8, 4) is 27.6 Å². The topological polar surface area (TPSA) is 35.0 Å². The van der Waals surface area contributed by atoms with Crippen LogP contribution in [0.1, 0.15) is 13.8 Å². The molecule has 0 radical (unpaired) electrons. The summed E-state index contributed by atoms with van der Waals surface area (Å²) < 4.78 is 5.43. The van der Waals surface area contributed by atoms with E-state index in [1.165, 1.54) is 0 Å². The Labute approximate surface area is 144 Å². The SMILES string of the molecule is COc1ccccc1-c1csc(-c2ccnc(SC(C)C)c2)n1. The van der Waals surface area contributed by atoms with E-state index in [-0.39, 0.29) is 0 Å². The Morgan fingerprint density at radius 3 is 2.78 bits per heavy atom. The molecular weight excluding hydrogens is 324 g/mol. The Kier molecular flexibility index (Phi) is 4.98. The van der Waals surface area contributed by atoms with Crippen molar-refractivity contribution in [1.29, 1.82) is 0 Å². The standard InChI is InChI=1S/C18H18N2OS2/c1-12(2)23-17-10-13(8-9-19-17)18-20-15(11-22-18)14-6-4-5-7-16(14)21-3/h4-12H,1-3H3. The summed E-state index contributed by atoms with van der Waals surface area (Å²) in [6.45, 7) is 4.34. The highest BCUT2D eigenvalue weighted by Crippen LogP contribution is 2.34. The van der Waals surface area contributed by atoms with Crippen molar-refractivity contribution in [3.63, 3.8) is 0 Å². The molecule has 0 saturated carbocycles. The number of nitrogens with zero attached hydrogens (tertiary/aromatic N) is 2. The number of para-hydroxylation sites is 1. The number of hydrogen-bond donors (Lipinski definition) is 0. The highest BCUT2D eigenvalue weighted by atomic mass is 32.2. The lowest BCUT2D eigenvalue weighted by Gasteiger charge is -2.05. The third-order valence-corrected chi connectivity index (χ3v) is 5.05. The van der Waals surface area contributed by atoms with Crippen molar-refractivity contribution in [2.45, 2.75) is 24.1 Å². The Morgan fingerprint density at radius 2 is 2.00 bits per heavy atom. The quantitative estimate of drug-likeness (QED) is 0.583. The highest BCUT2D eigenvalue weighted by molar-refractivity contribution is 7.99. The van der Waals surface area contributed by atoms with Gasteiger partial charge in [-0.15, -0.1) is 23.1 Å². The van der Waals surface area contributed by atoms with Crippen LogP contribution in [-0.2, 0) is 0 Å². The molecule has 2 aromatic heterocycles. The molecule has 3 nitrogen and oxygen atoms in total. The van der Waals surface area contributed by atoms with Gasteiger partial charge < -0.3 is 4.74 Å². The molecule has 118 valence electrons. The number of thiazole rings is 1. The molecule has 0 fully saturated rings. The van der Waals surface area contributed by atoms with Gasteiger partial charge in [0.2, 0.25) is 0 Å². The molecule has 0 unspecified atom stereocenters. The molecule has 2 heterocycles. The molecule has 3 aromatic rings. The summed E-state index contributed by atoms with van der Waals surface area (Å²) in [5.74, 6) is 0.843. The van der Waals surface area contributed by atoms with Crippen LogP contribution < -0.4 is 4.74 Å². The molecule has 0 bridgehead atoms. The van der Waals surface area contributed by atoms with Crippen molar-refractivity contribution in [2.24, 2.45) is 0 Å². The molecule has 0 spiro atoms. The van der Waals surface area contributed by atoms with Gasteiger partial charge in [0, 0.05) is 28.0 Å². The van der Waals surface area contributed by atoms with E-state index in [1.807, 2.05) is 36.5 Å². The smallest absolute Gasteiger partial charge is 0.128 e. The summed E-state index contributed by atoms with van der Waals surface area (Å²) >= 11 is 3.40. The molecule has 0 aliphatic carbocycles. The fourth-order valence-corrected chi connectivity index (χ4v) is 3.85. The molecule has 23 heavy (non-hydrogen) atoms. The van der Waals surface area contributed by atoms with Gasteiger partial charge in [-0.25, -0.2) is 9.97 Å². The Hall–Kier alpha value is -1.85. The van der Waals surface area contributed by atoms with Gasteiger partial charge in [0.1, 0.15) is 10.8 Å². The Balaban J connectivity index is 1.93. The number of thioether (sulfide) groups is 1. The predicted molar refractivity (Wildman–Crippen MR) is 98.3 cm³/mol. The lowest BCUT2D eigenvalue weighted by Crippen LogP contribution is -1.89. The average molecular weight is 342 g/mol. The van der Waals surface area contributed by atoms with E-state index in [0.29, 0.717) is 5.25 Å². The van der Waals surface area contributed by atoms with E-state index in [0.717, 1.165) is 32.6 Å². The molecule has 3 rings (SSSR count). The summed E-state index contributed by atoms with van der Waals surface area (Å²) in [6.07, 6.45) is 1.85. The first-order chi connectivity index (χ1) is 11.2. The summed E-state index contributed by atoms with van der Waals surface area (Å²) in [7, 11) is 1.68. The lowest BCUT2D eigenvalue weighted by atomic mass is 10.1. The van der Waals surface area contributed by atoms with Gasteiger partial charge in [0.15, 0.2) is 0 Å². The maximum atomic E-state index is 5.43. The van der Waals surface area contributed by atoms with E-state index in [1.54, 1.807) is 30.2 Å². The molecule has 0 atom stereocenters. The fraction of sp³-hybridized carbons (Fsp3) is 0.222. The van der Waals surface area contributed by atoms with Gasteiger partial charge in [0.05, 0.1) is 17.8 Å². The van der Waals surface area contributed by atoms with E-state index in [2.05, 4.69) is 30.3 Å². The van der Waals surface area contributed by atoms with E-state index in [9.17, 15) is 0 Å². The van der Waals surface area contributed by atoms with Gasteiger partial charge in [0.25, 0.3) is 0 Å². The van der Waals surface area contributed by atoms with Crippen molar-refractivity contribution in [3.05, 3.63) is 48.0 Å². The van der Waals surface area contributed by atoms with Crippen molar-refractivity contribution in [1.82, 2.24) is 9.97 Å². The average Bonchev–Trinajstić information content (AvgIpc) is 3.04. The maximum Gasteiger partial charge on any atom is 0.128 e. The van der Waals surface area contributed by atoms with E-state index >= 15 is 0 Å². The van der Waals surface area contributed by atoms with E-state index < -0.39 is 0 Å². The van der Waals surface area contributed by atoms with Gasteiger partial charge in [-0.2, -0.15) is 0 Å². The van der Waals surface area contributed by atoms with Crippen LogP contribution in [0.4, 0.5) is 0 Å². The highest BCUT2D eigenvalue weighted by Gasteiger charge is 2.11. The molecule has 1 aromatic carbocycles. The van der Waals surface area contributed by atoms with Crippen LogP contribution in [0.15, 0.2) is 53.0 Å². The minimum absolute atomic E-state index is 0.512. The maximum absolute atomic E-state index is 5.43. The molecule has 0 N–H and O–H groups in total. The normalized spacial score (nSPS) is 11.0. The molecule has 0 saturated heterocycles. The first-order valence-corrected chi connectivity index (χ1v) is 9.15. The number of hydrogen-bond acceptors (Lipinski definition) is 5. The molecule has 5 heteroatoms. The molecule has 0 aliphatic rings. The van der Waals surface area contributed by atoms with Crippen LogP contribution in [0.5, 0.6) is 5.75 Å². The predicted octanol–water partition coefficient (Wildman–Crippen LogP) is 5.38. The number of benzene rings is 1. The molecular formula is C18H18N2OS2. The van der Waals surface area contributed by atoms with Gasteiger partial charge in [-0.1, -0.05) is 26.0 Å². The monoisotopic (exact) mass is 342 g/mol. The first kappa shape index (κ1) is 16.0. The number of ether oxygens (including phenoxy) is 1. The van der Waals surface area contributed by atoms with Crippen LogP contribution in [0, 0.1) is 0 Å². The molecule has 0 aliphatic heterocycles. The summed E-state index contributed by atoms with van der Waals surface area (Å²) in [5.41, 5.74) is 3.06. The lowest BCUT2D eigenvalue weighted by molar-refractivity contribution is 0.416. The van der Waals surface area contributed by atoms with Crippen molar-refractivity contribution < 1.29 is 4.74 Å². The van der Waals surface area contributed by atoms with Gasteiger partial charge in [-0.3, -0.25) is 0 Å². The van der Waals surface area contributed by atoms with Gasteiger partial charge in [-0.05, 0) is 24.3 Å².